The second-order valence-corrected chi connectivity index (χ2v) is 3.16. The molecular formula is C13H20O2. The highest BCUT2D eigenvalue weighted by atomic mass is 16.5. The molecule has 0 bridgehead atoms. The first kappa shape index (κ1) is 13.7. The van der Waals surface area contributed by atoms with Crippen LogP contribution in [-0.4, -0.2) is 13.1 Å². The van der Waals surface area contributed by atoms with Crippen LogP contribution < -0.4 is 0 Å². The third kappa shape index (κ3) is 10.6. The summed E-state index contributed by atoms with van der Waals surface area (Å²) in [7, 11) is 1.39. The van der Waals surface area contributed by atoms with Gasteiger partial charge in [-0.25, -0.2) is 4.79 Å². The van der Waals surface area contributed by atoms with Gasteiger partial charge in [0.15, 0.2) is 0 Å². The number of allylic oxidation sites excluding steroid dienone is 5. The fourth-order valence-electron chi connectivity index (χ4n) is 1.06. The first-order chi connectivity index (χ1) is 7.31. The smallest absolute Gasteiger partial charge is 0.330 e. The van der Waals surface area contributed by atoms with Gasteiger partial charge < -0.3 is 4.74 Å². The number of hydrogen-bond acceptors (Lipinski definition) is 2. The second-order valence-electron chi connectivity index (χ2n) is 3.16. The lowest BCUT2D eigenvalue weighted by Crippen LogP contribution is -1.93. The fourth-order valence-corrected chi connectivity index (χ4v) is 1.06. The number of rotatable bonds is 7. The van der Waals surface area contributed by atoms with Gasteiger partial charge in [-0.3, -0.25) is 0 Å². The Balaban J connectivity index is 3.32. The molecule has 0 heterocycles. The Hall–Kier alpha value is -1.31. The van der Waals surface area contributed by atoms with Crippen LogP contribution in [0, 0.1) is 0 Å². The normalized spacial score (nSPS) is 11.9. The zero-order valence-corrected chi connectivity index (χ0v) is 9.61. The average Bonchev–Trinajstić information content (AvgIpc) is 2.26. The zero-order chi connectivity index (χ0) is 11.4. The van der Waals surface area contributed by atoms with Crippen LogP contribution in [0.4, 0.5) is 0 Å². The molecule has 0 saturated heterocycles. The Morgan fingerprint density at radius 2 is 1.80 bits per heavy atom. The van der Waals surface area contributed by atoms with E-state index in [4.69, 9.17) is 0 Å². The van der Waals surface area contributed by atoms with Gasteiger partial charge in [0.1, 0.15) is 0 Å². The minimum Gasteiger partial charge on any atom is -0.466 e. The van der Waals surface area contributed by atoms with Crippen molar-refractivity contribution in [2.75, 3.05) is 7.11 Å². The third-order valence-electron chi connectivity index (χ3n) is 1.89. The number of carbonyl (C=O) groups is 1. The van der Waals surface area contributed by atoms with Crippen molar-refractivity contribution in [3.05, 3.63) is 36.5 Å². The molecular weight excluding hydrogens is 188 g/mol. The Morgan fingerprint density at radius 3 is 2.40 bits per heavy atom. The van der Waals surface area contributed by atoms with Gasteiger partial charge in [-0.15, -0.1) is 0 Å². The lowest BCUT2D eigenvalue weighted by Gasteiger charge is -1.92. The molecule has 0 unspecified atom stereocenters. The molecule has 0 aliphatic carbocycles. The van der Waals surface area contributed by atoms with Crippen molar-refractivity contribution in [3.8, 4) is 0 Å². The quantitative estimate of drug-likeness (QED) is 0.277. The molecule has 0 aromatic carbocycles. The predicted octanol–water partition coefficient (Wildman–Crippen LogP) is 3.41. The summed E-state index contributed by atoms with van der Waals surface area (Å²) in [6.45, 7) is 2.00. The van der Waals surface area contributed by atoms with E-state index in [2.05, 4.69) is 16.9 Å². The van der Waals surface area contributed by atoms with E-state index >= 15 is 0 Å². The first-order valence-corrected chi connectivity index (χ1v) is 5.33. The summed E-state index contributed by atoms with van der Waals surface area (Å²) in [5.74, 6) is -0.275. The average molecular weight is 208 g/mol. The van der Waals surface area contributed by atoms with Crippen molar-refractivity contribution in [2.45, 2.75) is 32.6 Å². The van der Waals surface area contributed by atoms with Gasteiger partial charge in [0.05, 0.1) is 7.11 Å². The van der Waals surface area contributed by atoms with Gasteiger partial charge in [-0.05, 0) is 32.6 Å². The number of hydrogen-bond donors (Lipinski definition) is 0. The van der Waals surface area contributed by atoms with Gasteiger partial charge in [0.2, 0.25) is 0 Å². The fraction of sp³-hybridized carbons (Fsp3) is 0.462. The van der Waals surface area contributed by atoms with Crippen molar-refractivity contribution in [3.63, 3.8) is 0 Å². The predicted molar refractivity (Wildman–Crippen MR) is 63.6 cm³/mol. The molecule has 0 aromatic rings. The van der Waals surface area contributed by atoms with Crippen LogP contribution in [0.25, 0.3) is 0 Å². The van der Waals surface area contributed by atoms with E-state index in [9.17, 15) is 4.79 Å². The molecule has 0 fully saturated rings. The largest absolute Gasteiger partial charge is 0.466 e. The van der Waals surface area contributed by atoms with Crippen molar-refractivity contribution in [1.29, 1.82) is 0 Å². The minimum atomic E-state index is -0.275. The summed E-state index contributed by atoms with van der Waals surface area (Å²) < 4.78 is 4.48. The van der Waals surface area contributed by atoms with E-state index < -0.39 is 0 Å². The van der Waals surface area contributed by atoms with E-state index in [0.717, 1.165) is 25.7 Å². The Labute approximate surface area is 92.3 Å². The molecule has 0 amide bonds. The van der Waals surface area contributed by atoms with Gasteiger partial charge in [-0.2, -0.15) is 0 Å². The Kier molecular flexibility index (Phi) is 9.83. The lowest BCUT2D eigenvalue weighted by atomic mass is 10.2. The van der Waals surface area contributed by atoms with Crippen LogP contribution in [-0.2, 0) is 9.53 Å². The summed E-state index contributed by atoms with van der Waals surface area (Å²) in [5, 5.41) is 0. The molecule has 0 spiro atoms. The number of methoxy groups -OCH3 is 1. The van der Waals surface area contributed by atoms with Crippen LogP contribution in [0.5, 0.6) is 0 Å². The summed E-state index contributed by atoms with van der Waals surface area (Å²) >= 11 is 0. The number of carbonyl (C=O) groups excluding carboxylic acids is 1. The molecule has 0 N–H and O–H groups in total. The molecule has 0 atom stereocenters. The van der Waals surface area contributed by atoms with Gasteiger partial charge >= 0.3 is 5.97 Å². The van der Waals surface area contributed by atoms with E-state index in [1.807, 2.05) is 25.2 Å². The highest BCUT2D eigenvalue weighted by Crippen LogP contribution is 2.01. The molecule has 0 saturated carbocycles. The molecule has 0 aliphatic heterocycles. The number of esters is 1. The highest BCUT2D eigenvalue weighted by Gasteiger charge is 1.89. The molecule has 0 radical (unpaired) electrons. The standard InChI is InChI=1S/C13H20O2/c1-3-4-5-6-7-8-9-10-11-12-13(14)15-2/h3-6,11-12H,7-10H2,1-2H3/b4-3+,6-5+,12-11+. The molecule has 0 rings (SSSR count). The van der Waals surface area contributed by atoms with Crippen molar-refractivity contribution >= 4 is 5.97 Å². The number of ether oxygens (including phenoxy) is 1. The highest BCUT2D eigenvalue weighted by molar-refractivity contribution is 5.81. The van der Waals surface area contributed by atoms with Crippen LogP contribution >= 0.6 is 0 Å². The maximum absolute atomic E-state index is 10.7. The molecule has 2 nitrogen and oxygen atoms in total. The molecule has 84 valence electrons. The van der Waals surface area contributed by atoms with Crippen molar-refractivity contribution < 1.29 is 9.53 Å². The minimum absolute atomic E-state index is 0.275. The van der Waals surface area contributed by atoms with Crippen LogP contribution in [0.3, 0.4) is 0 Å². The van der Waals surface area contributed by atoms with Crippen molar-refractivity contribution in [2.24, 2.45) is 0 Å². The molecule has 15 heavy (non-hydrogen) atoms. The maximum Gasteiger partial charge on any atom is 0.330 e. The topological polar surface area (TPSA) is 26.3 Å². The molecule has 2 heteroatoms. The first-order valence-electron chi connectivity index (χ1n) is 5.33. The molecule has 0 aromatic heterocycles. The third-order valence-corrected chi connectivity index (χ3v) is 1.89. The SMILES string of the molecule is C/C=C/C=C/CCCC/C=C/C(=O)OC. The number of unbranched alkanes of at least 4 members (excludes halogenated alkanes) is 3. The van der Waals surface area contributed by atoms with Gasteiger partial charge in [0, 0.05) is 6.08 Å². The summed E-state index contributed by atoms with van der Waals surface area (Å²) in [6, 6.07) is 0. The Morgan fingerprint density at radius 1 is 1.13 bits per heavy atom. The maximum atomic E-state index is 10.7. The second kappa shape index (κ2) is 10.8. The summed E-state index contributed by atoms with van der Waals surface area (Å²) in [6.07, 6.45) is 15.9. The summed E-state index contributed by atoms with van der Waals surface area (Å²) in [5.41, 5.74) is 0. The van der Waals surface area contributed by atoms with Crippen LogP contribution in [0.1, 0.15) is 32.6 Å². The zero-order valence-electron chi connectivity index (χ0n) is 9.61. The lowest BCUT2D eigenvalue weighted by molar-refractivity contribution is -0.134. The summed E-state index contributed by atoms with van der Waals surface area (Å²) in [4.78, 5) is 10.7. The molecule has 0 aliphatic rings. The van der Waals surface area contributed by atoms with Crippen LogP contribution in [0.15, 0.2) is 36.5 Å². The van der Waals surface area contributed by atoms with Gasteiger partial charge in [0.25, 0.3) is 0 Å². The van der Waals surface area contributed by atoms with E-state index in [-0.39, 0.29) is 5.97 Å². The Bertz CT molecular complexity index is 237. The van der Waals surface area contributed by atoms with Crippen LogP contribution in [0.2, 0.25) is 0 Å². The van der Waals surface area contributed by atoms with E-state index in [1.165, 1.54) is 13.2 Å². The van der Waals surface area contributed by atoms with Crippen molar-refractivity contribution in [1.82, 2.24) is 0 Å². The van der Waals surface area contributed by atoms with E-state index in [0.29, 0.717) is 0 Å². The monoisotopic (exact) mass is 208 g/mol. The van der Waals surface area contributed by atoms with E-state index in [1.54, 1.807) is 0 Å². The van der Waals surface area contributed by atoms with Gasteiger partial charge in [-0.1, -0.05) is 30.4 Å².